The van der Waals surface area contributed by atoms with Crippen molar-refractivity contribution in [1.29, 1.82) is 0 Å². The van der Waals surface area contributed by atoms with Crippen molar-refractivity contribution in [3.8, 4) is 0 Å². The number of nitrogens with two attached hydrogens (primary N) is 1. The zero-order valence-corrected chi connectivity index (χ0v) is 11.4. The molecule has 98 valence electrons. The predicted octanol–water partition coefficient (Wildman–Crippen LogP) is 2.17. The summed E-state index contributed by atoms with van der Waals surface area (Å²) < 4.78 is 0. The van der Waals surface area contributed by atoms with Gasteiger partial charge in [0.05, 0.1) is 0 Å². The molecule has 1 fully saturated rings. The molecule has 1 amide bonds. The monoisotopic (exact) mass is 264 g/mol. The Bertz CT molecular complexity index is 385. The fourth-order valence-corrected chi connectivity index (χ4v) is 3.00. The Kier molecular flexibility index (Phi) is 4.93. The van der Waals surface area contributed by atoms with Crippen molar-refractivity contribution in [2.24, 2.45) is 0 Å². The average Bonchev–Trinajstić information content (AvgIpc) is 2.42. The van der Waals surface area contributed by atoms with Gasteiger partial charge in [-0.15, -0.1) is 0 Å². The Labute approximate surface area is 113 Å². The quantitative estimate of drug-likeness (QED) is 0.848. The molecule has 2 rings (SSSR count). The third-order valence-electron chi connectivity index (χ3n) is 3.20. The fourth-order valence-electron chi connectivity index (χ4n) is 2.10. The van der Waals surface area contributed by atoms with Crippen LogP contribution in [-0.2, 0) is 11.2 Å². The second-order valence-corrected chi connectivity index (χ2v) is 5.81. The fraction of sp³-hybridized carbons (Fsp3) is 0.500. The number of nitrogens with zero attached hydrogens (tertiary/aromatic N) is 1. The molecular weight excluding hydrogens is 244 g/mol. The average molecular weight is 264 g/mol. The minimum Gasteiger partial charge on any atom is -0.399 e. The molecule has 0 aliphatic carbocycles. The van der Waals surface area contributed by atoms with Crippen molar-refractivity contribution in [3.63, 3.8) is 0 Å². The van der Waals surface area contributed by atoms with Crippen LogP contribution < -0.4 is 5.73 Å². The van der Waals surface area contributed by atoms with Gasteiger partial charge in [-0.2, -0.15) is 11.8 Å². The summed E-state index contributed by atoms with van der Waals surface area (Å²) in [5.74, 6) is 2.48. The van der Waals surface area contributed by atoms with Crippen molar-refractivity contribution >= 4 is 23.4 Å². The van der Waals surface area contributed by atoms with Crippen molar-refractivity contribution in [2.45, 2.75) is 19.3 Å². The van der Waals surface area contributed by atoms with Crippen LogP contribution in [0.25, 0.3) is 0 Å². The van der Waals surface area contributed by atoms with Crippen molar-refractivity contribution in [3.05, 3.63) is 29.8 Å². The van der Waals surface area contributed by atoms with Crippen LogP contribution in [-0.4, -0.2) is 35.4 Å². The lowest BCUT2D eigenvalue weighted by molar-refractivity contribution is -0.130. The second-order valence-electron chi connectivity index (χ2n) is 4.59. The molecule has 1 saturated heterocycles. The van der Waals surface area contributed by atoms with Crippen molar-refractivity contribution in [2.75, 3.05) is 30.3 Å². The summed E-state index contributed by atoms with van der Waals surface area (Å²) in [4.78, 5) is 13.9. The van der Waals surface area contributed by atoms with Gasteiger partial charge in [0.2, 0.25) is 5.91 Å². The van der Waals surface area contributed by atoms with E-state index in [1.165, 1.54) is 5.56 Å². The van der Waals surface area contributed by atoms with Gasteiger partial charge in [-0.05, 0) is 30.5 Å². The van der Waals surface area contributed by atoms with E-state index in [4.69, 9.17) is 5.73 Å². The summed E-state index contributed by atoms with van der Waals surface area (Å²) in [7, 11) is 0. The molecule has 1 heterocycles. The Morgan fingerprint density at radius 2 is 1.89 bits per heavy atom. The lowest BCUT2D eigenvalue weighted by atomic mass is 10.1. The molecule has 0 saturated carbocycles. The van der Waals surface area contributed by atoms with Crippen LogP contribution in [0.3, 0.4) is 0 Å². The van der Waals surface area contributed by atoms with E-state index in [0.717, 1.165) is 43.1 Å². The third kappa shape index (κ3) is 3.95. The Morgan fingerprint density at radius 1 is 1.22 bits per heavy atom. The predicted molar refractivity (Wildman–Crippen MR) is 77.7 cm³/mol. The molecule has 18 heavy (non-hydrogen) atoms. The molecule has 1 aromatic carbocycles. The SMILES string of the molecule is Nc1ccc(CCCC(=O)N2CCSCC2)cc1. The first-order valence-electron chi connectivity index (χ1n) is 6.45. The zero-order valence-electron chi connectivity index (χ0n) is 10.6. The summed E-state index contributed by atoms with van der Waals surface area (Å²) in [6.45, 7) is 1.84. The number of hydrogen-bond donors (Lipinski definition) is 1. The number of hydrogen-bond acceptors (Lipinski definition) is 3. The maximum absolute atomic E-state index is 11.9. The van der Waals surface area contributed by atoms with Gasteiger partial charge in [-0.1, -0.05) is 12.1 Å². The topological polar surface area (TPSA) is 46.3 Å². The Morgan fingerprint density at radius 3 is 2.56 bits per heavy atom. The number of aryl methyl sites for hydroxylation is 1. The summed E-state index contributed by atoms with van der Waals surface area (Å²) in [5.41, 5.74) is 7.69. The number of benzene rings is 1. The smallest absolute Gasteiger partial charge is 0.222 e. The Balaban J connectivity index is 1.71. The molecule has 0 aromatic heterocycles. The van der Waals surface area contributed by atoms with Gasteiger partial charge in [0, 0.05) is 36.7 Å². The van der Waals surface area contributed by atoms with Gasteiger partial charge in [0.15, 0.2) is 0 Å². The molecule has 0 atom stereocenters. The van der Waals surface area contributed by atoms with Gasteiger partial charge in [-0.3, -0.25) is 4.79 Å². The van der Waals surface area contributed by atoms with Crippen LogP contribution >= 0.6 is 11.8 Å². The number of amides is 1. The largest absolute Gasteiger partial charge is 0.399 e. The zero-order chi connectivity index (χ0) is 12.8. The molecule has 2 N–H and O–H groups in total. The van der Waals surface area contributed by atoms with Crippen LogP contribution in [0.15, 0.2) is 24.3 Å². The molecule has 1 aromatic rings. The highest BCUT2D eigenvalue weighted by Crippen LogP contribution is 2.13. The summed E-state index contributed by atoms with van der Waals surface area (Å²) in [6, 6.07) is 7.91. The van der Waals surface area contributed by atoms with Crippen LogP contribution in [0.2, 0.25) is 0 Å². The highest BCUT2D eigenvalue weighted by Gasteiger charge is 2.15. The molecule has 1 aliphatic heterocycles. The normalized spacial score (nSPS) is 15.7. The molecule has 3 nitrogen and oxygen atoms in total. The molecule has 0 bridgehead atoms. The first-order chi connectivity index (χ1) is 8.75. The highest BCUT2D eigenvalue weighted by molar-refractivity contribution is 7.99. The first-order valence-corrected chi connectivity index (χ1v) is 7.61. The first kappa shape index (κ1) is 13.3. The minimum absolute atomic E-state index is 0.311. The van der Waals surface area contributed by atoms with Crippen LogP contribution in [0, 0.1) is 0 Å². The van der Waals surface area contributed by atoms with E-state index < -0.39 is 0 Å². The number of rotatable bonds is 4. The van der Waals surface area contributed by atoms with Gasteiger partial charge in [0.25, 0.3) is 0 Å². The third-order valence-corrected chi connectivity index (χ3v) is 4.14. The molecular formula is C14H20N2OS. The number of carbonyl (C=O) groups is 1. The van der Waals surface area contributed by atoms with Crippen LogP contribution in [0.5, 0.6) is 0 Å². The second kappa shape index (κ2) is 6.69. The standard InChI is InChI=1S/C14H20N2OS/c15-13-6-4-12(5-7-13)2-1-3-14(17)16-8-10-18-11-9-16/h4-7H,1-3,8-11,15H2. The number of thioether (sulfide) groups is 1. The molecule has 0 unspecified atom stereocenters. The van der Waals surface area contributed by atoms with E-state index >= 15 is 0 Å². The number of anilines is 1. The van der Waals surface area contributed by atoms with E-state index in [9.17, 15) is 4.79 Å². The summed E-state index contributed by atoms with van der Waals surface area (Å²) >= 11 is 1.93. The Hall–Kier alpha value is -1.16. The van der Waals surface area contributed by atoms with Crippen molar-refractivity contribution in [1.82, 2.24) is 4.90 Å². The molecule has 4 heteroatoms. The van der Waals surface area contributed by atoms with E-state index in [1.807, 2.05) is 40.9 Å². The van der Waals surface area contributed by atoms with Crippen molar-refractivity contribution < 1.29 is 4.79 Å². The molecule has 0 spiro atoms. The van der Waals surface area contributed by atoms with E-state index in [2.05, 4.69) is 0 Å². The summed E-state index contributed by atoms with van der Waals surface area (Å²) in [6.07, 6.45) is 2.54. The van der Waals surface area contributed by atoms with Crippen LogP contribution in [0.1, 0.15) is 18.4 Å². The number of nitrogen functional groups attached to an aromatic ring is 1. The minimum atomic E-state index is 0.311. The van der Waals surface area contributed by atoms with Gasteiger partial charge >= 0.3 is 0 Å². The highest BCUT2D eigenvalue weighted by atomic mass is 32.2. The van der Waals surface area contributed by atoms with E-state index in [0.29, 0.717) is 12.3 Å². The van der Waals surface area contributed by atoms with Gasteiger partial charge in [-0.25, -0.2) is 0 Å². The molecule has 1 aliphatic rings. The lowest BCUT2D eigenvalue weighted by Crippen LogP contribution is -2.37. The van der Waals surface area contributed by atoms with Gasteiger partial charge in [0.1, 0.15) is 0 Å². The number of carbonyl (C=O) groups excluding carboxylic acids is 1. The maximum atomic E-state index is 11.9. The van der Waals surface area contributed by atoms with E-state index in [1.54, 1.807) is 0 Å². The summed E-state index contributed by atoms with van der Waals surface area (Å²) in [5, 5.41) is 0. The maximum Gasteiger partial charge on any atom is 0.222 e. The van der Waals surface area contributed by atoms with E-state index in [-0.39, 0.29) is 0 Å². The molecule has 0 radical (unpaired) electrons. The van der Waals surface area contributed by atoms with Gasteiger partial charge < -0.3 is 10.6 Å². The lowest BCUT2D eigenvalue weighted by Gasteiger charge is -2.26. The van der Waals surface area contributed by atoms with Crippen LogP contribution in [0.4, 0.5) is 5.69 Å².